The lowest BCUT2D eigenvalue weighted by Gasteiger charge is -2.09. The number of benzene rings is 2. The molecule has 0 fully saturated rings. The first-order valence-corrected chi connectivity index (χ1v) is 9.26. The molecule has 2 aromatic carbocycles. The summed E-state index contributed by atoms with van der Waals surface area (Å²) in [5.41, 5.74) is 18.0. The summed E-state index contributed by atoms with van der Waals surface area (Å²) in [5.74, 6) is 0. The highest BCUT2D eigenvalue weighted by atomic mass is 14.9. The Labute approximate surface area is 152 Å². The average Bonchev–Trinajstić information content (AvgIpc) is 2.59. The molecule has 0 aliphatic heterocycles. The molecule has 0 bridgehead atoms. The molecule has 2 aromatic rings. The fourth-order valence-corrected chi connectivity index (χ4v) is 2.82. The maximum Gasteiger partial charge on any atom is 0.0345 e. The van der Waals surface area contributed by atoms with E-state index in [1.54, 1.807) is 0 Å². The highest BCUT2D eigenvalue weighted by Crippen LogP contribution is 2.17. The van der Waals surface area contributed by atoms with Crippen molar-refractivity contribution in [1.29, 1.82) is 0 Å². The van der Waals surface area contributed by atoms with E-state index in [4.69, 9.17) is 11.5 Å². The molecule has 0 heterocycles. The van der Waals surface area contributed by atoms with Crippen LogP contribution in [-0.2, 0) is 0 Å². The van der Waals surface area contributed by atoms with Crippen LogP contribution in [0.1, 0.15) is 43.2 Å². The Morgan fingerprint density at radius 3 is 1.44 bits per heavy atom. The molecule has 0 unspecified atom stereocenters. The highest BCUT2D eigenvalue weighted by Gasteiger charge is 1.98. The summed E-state index contributed by atoms with van der Waals surface area (Å²) >= 11 is 0. The Morgan fingerprint density at radius 2 is 1.04 bits per heavy atom. The molecule has 6 N–H and O–H groups in total. The Morgan fingerprint density at radius 1 is 0.640 bits per heavy atom. The molecular weight excluding hydrogens is 308 g/mol. The molecule has 0 spiro atoms. The summed E-state index contributed by atoms with van der Waals surface area (Å²) in [6, 6.07) is 12.3. The van der Waals surface area contributed by atoms with Crippen molar-refractivity contribution in [1.82, 2.24) is 0 Å². The second kappa shape index (κ2) is 9.82. The average molecular weight is 341 g/mol. The van der Waals surface area contributed by atoms with Gasteiger partial charge in [-0.25, -0.2) is 0 Å². The van der Waals surface area contributed by atoms with E-state index in [2.05, 4.69) is 22.8 Å². The van der Waals surface area contributed by atoms with Crippen molar-refractivity contribution in [3.8, 4) is 0 Å². The number of hydrogen-bond donors (Lipinski definition) is 4. The summed E-state index contributed by atoms with van der Waals surface area (Å²) in [7, 11) is 0. The molecule has 0 aliphatic carbocycles. The fourth-order valence-electron chi connectivity index (χ4n) is 2.82. The number of nitrogens with two attached hydrogens (primary N) is 2. The zero-order valence-corrected chi connectivity index (χ0v) is 15.6. The van der Waals surface area contributed by atoms with E-state index in [0.717, 1.165) is 47.0 Å². The molecule has 2 rings (SSSR count). The number of hydrogen-bond acceptors (Lipinski definition) is 4. The third kappa shape index (κ3) is 6.57. The van der Waals surface area contributed by atoms with Gasteiger partial charge in [-0.05, 0) is 74.2 Å². The van der Waals surface area contributed by atoms with Crippen LogP contribution in [0.4, 0.5) is 22.7 Å². The monoisotopic (exact) mass is 340 g/mol. The number of rotatable bonds is 10. The molecular formula is C21H32N4. The SMILES string of the molecule is Cc1cc(NCCCCCCCNc2ccc(N)c(C)c2)ccc1N. The number of aryl methyl sites for hydroxylation is 2. The van der Waals surface area contributed by atoms with Crippen LogP contribution in [0.2, 0.25) is 0 Å². The minimum atomic E-state index is 0.855. The summed E-state index contributed by atoms with van der Waals surface area (Å²) in [6.45, 7) is 6.12. The Bertz CT molecular complexity index is 609. The maximum atomic E-state index is 5.84. The first-order valence-electron chi connectivity index (χ1n) is 9.26. The van der Waals surface area contributed by atoms with Crippen molar-refractivity contribution in [3.63, 3.8) is 0 Å². The highest BCUT2D eigenvalue weighted by molar-refractivity contribution is 5.57. The van der Waals surface area contributed by atoms with Crippen LogP contribution in [0.15, 0.2) is 36.4 Å². The van der Waals surface area contributed by atoms with Crippen LogP contribution in [0.3, 0.4) is 0 Å². The van der Waals surface area contributed by atoms with Gasteiger partial charge in [-0.2, -0.15) is 0 Å². The Balaban J connectivity index is 1.49. The van der Waals surface area contributed by atoms with Gasteiger partial charge >= 0.3 is 0 Å². The van der Waals surface area contributed by atoms with Gasteiger partial charge < -0.3 is 22.1 Å². The zero-order valence-electron chi connectivity index (χ0n) is 15.6. The van der Waals surface area contributed by atoms with Crippen molar-refractivity contribution >= 4 is 22.7 Å². The largest absolute Gasteiger partial charge is 0.399 e. The van der Waals surface area contributed by atoms with E-state index in [0.29, 0.717) is 0 Å². The molecule has 25 heavy (non-hydrogen) atoms. The first-order chi connectivity index (χ1) is 12.1. The van der Waals surface area contributed by atoms with E-state index < -0.39 is 0 Å². The van der Waals surface area contributed by atoms with Crippen LogP contribution in [0, 0.1) is 13.8 Å². The van der Waals surface area contributed by atoms with Crippen molar-refractivity contribution in [2.75, 3.05) is 35.2 Å². The second-order valence-electron chi connectivity index (χ2n) is 6.76. The molecule has 0 aromatic heterocycles. The minimum Gasteiger partial charge on any atom is -0.399 e. The molecule has 4 nitrogen and oxygen atoms in total. The predicted octanol–water partition coefficient (Wildman–Crippen LogP) is 4.94. The van der Waals surface area contributed by atoms with Crippen LogP contribution in [0.25, 0.3) is 0 Å². The third-order valence-corrected chi connectivity index (χ3v) is 4.55. The van der Waals surface area contributed by atoms with E-state index in [1.165, 1.54) is 32.1 Å². The van der Waals surface area contributed by atoms with Crippen LogP contribution in [-0.4, -0.2) is 13.1 Å². The van der Waals surface area contributed by atoms with Gasteiger partial charge in [-0.1, -0.05) is 19.3 Å². The smallest absolute Gasteiger partial charge is 0.0345 e. The van der Waals surface area contributed by atoms with E-state index in [9.17, 15) is 0 Å². The van der Waals surface area contributed by atoms with Gasteiger partial charge in [0.15, 0.2) is 0 Å². The normalized spacial score (nSPS) is 10.6. The van der Waals surface area contributed by atoms with E-state index in [-0.39, 0.29) is 0 Å². The summed E-state index contributed by atoms with van der Waals surface area (Å²) in [6.07, 6.45) is 6.22. The second-order valence-corrected chi connectivity index (χ2v) is 6.76. The predicted molar refractivity (Wildman–Crippen MR) is 111 cm³/mol. The van der Waals surface area contributed by atoms with Gasteiger partial charge in [0.2, 0.25) is 0 Å². The minimum absolute atomic E-state index is 0.855. The zero-order chi connectivity index (χ0) is 18.1. The van der Waals surface area contributed by atoms with Crippen LogP contribution >= 0.6 is 0 Å². The molecule has 4 heteroatoms. The Hall–Kier alpha value is -2.36. The van der Waals surface area contributed by atoms with Gasteiger partial charge in [0.1, 0.15) is 0 Å². The van der Waals surface area contributed by atoms with Crippen molar-refractivity contribution in [2.45, 2.75) is 46.0 Å². The van der Waals surface area contributed by atoms with Crippen LogP contribution < -0.4 is 22.1 Å². The molecule has 0 aliphatic rings. The van der Waals surface area contributed by atoms with Crippen molar-refractivity contribution in [3.05, 3.63) is 47.5 Å². The summed E-state index contributed by atoms with van der Waals surface area (Å²) in [5, 5.41) is 6.94. The van der Waals surface area contributed by atoms with Crippen molar-refractivity contribution in [2.24, 2.45) is 0 Å². The van der Waals surface area contributed by atoms with Gasteiger partial charge in [0.05, 0.1) is 0 Å². The summed E-state index contributed by atoms with van der Waals surface area (Å²) in [4.78, 5) is 0. The number of nitrogens with one attached hydrogen (secondary N) is 2. The molecule has 0 amide bonds. The van der Waals surface area contributed by atoms with Crippen LogP contribution in [0.5, 0.6) is 0 Å². The first kappa shape index (κ1) is 19.0. The molecule has 0 radical (unpaired) electrons. The summed E-state index contributed by atoms with van der Waals surface area (Å²) < 4.78 is 0. The van der Waals surface area contributed by atoms with E-state index >= 15 is 0 Å². The lowest BCUT2D eigenvalue weighted by atomic mass is 10.1. The molecule has 0 atom stereocenters. The van der Waals surface area contributed by atoms with Gasteiger partial charge in [-0.15, -0.1) is 0 Å². The van der Waals surface area contributed by atoms with Crippen molar-refractivity contribution < 1.29 is 0 Å². The number of nitrogen functional groups attached to an aromatic ring is 2. The molecule has 0 saturated carbocycles. The standard InChI is InChI=1S/C21H32N4/c1-16-14-18(8-10-20(16)22)24-12-6-4-3-5-7-13-25-19-9-11-21(23)17(2)15-19/h8-11,14-15,24-25H,3-7,12-13,22-23H2,1-2H3. The van der Waals surface area contributed by atoms with Gasteiger partial charge in [0, 0.05) is 35.8 Å². The lowest BCUT2D eigenvalue weighted by Crippen LogP contribution is -2.03. The molecule has 0 saturated heterocycles. The third-order valence-electron chi connectivity index (χ3n) is 4.55. The fraction of sp³-hybridized carbons (Fsp3) is 0.429. The molecule has 136 valence electrons. The Kier molecular flexibility index (Phi) is 7.45. The van der Waals surface area contributed by atoms with Gasteiger partial charge in [0.25, 0.3) is 0 Å². The number of unbranched alkanes of at least 4 members (excludes halogenated alkanes) is 4. The topological polar surface area (TPSA) is 76.1 Å². The lowest BCUT2D eigenvalue weighted by molar-refractivity contribution is 0.635. The maximum absolute atomic E-state index is 5.84. The van der Waals surface area contributed by atoms with Gasteiger partial charge in [-0.3, -0.25) is 0 Å². The van der Waals surface area contributed by atoms with E-state index in [1.807, 2.05) is 38.1 Å². The quantitative estimate of drug-likeness (QED) is 0.365. The number of anilines is 4.